The van der Waals surface area contributed by atoms with E-state index in [1.165, 1.54) is 6.92 Å². The number of anilines is 1. The van der Waals surface area contributed by atoms with Crippen LogP contribution in [0.25, 0.3) is 10.8 Å². The molecule has 0 saturated heterocycles. The molecule has 17 heavy (non-hydrogen) atoms. The van der Waals surface area contributed by atoms with Crippen LogP contribution in [0.2, 0.25) is 0 Å². The summed E-state index contributed by atoms with van der Waals surface area (Å²) in [5.41, 5.74) is 1.43. The van der Waals surface area contributed by atoms with Crippen molar-refractivity contribution < 1.29 is 9.90 Å². The molecule has 0 spiro atoms. The van der Waals surface area contributed by atoms with Crippen LogP contribution in [0.15, 0.2) is 30.3 Å². The first kappa shape index (κ1) is 11.5. The van der Waals surface area contributed by atoms with E-state index in [9.17, 15) is 9.90 Å². The molecule has 0 aliphatic rings. The maximum Gasteiger partial charge on any atom is 0.163 e. The number of carbonyl (C=O) groups is 1. The number of aromatic hydroxyl groups is 1. The third kappa shape index (κ3) is 2.09. The fourth-order valence-corrected chi connectivity index (χ4v) is 1.83. The summed E-state index contributed by atoms with van der Waals surface area (Å²) in [6.45, 7) is 1.45. The molecule has 2 aromatic rings. The molecule has 0 radical (unpaired) electrons. The lowest BCUT2D eigenvalue weighted by atomic mass is 10.0. The van der Waals surface area contributed by atoms with Crippen molar-refractivity contribution in [1.82, 2.24) is 0 Å². The summed E-state index contributed by atoms with van der Waals surface area (Å²) in [5.74, 6) is -0.0815. The van der Waals surface area contributed by atoms with Crippen LogP contribution in [-0.2, 0) is 0 Å². The van der Waals surface area contributed by atoms with Crippen LogP contribution in [0.5, 0.6) is 5.75 Å². The smallest absolute Gasteiger partial charge is 0.163 e. The average molecular weight is 229 g/mol. The second-order valence-electron chi connectivity index (χ2n) is 4.35. The zero-order valence-electron chi connectivity index (χ0n) is 10.2. The van der Waals surface area contributed by atoms with Crippen molar-refractivity contribution in [1.29, 1.82) is 0 Å². The van der Waals surface area contributed by atoms with E-state index in [2.05, 4.69) is 0 Å². The first-order valence-corrected chi connectivity index (χ1v) is 5.44. The molecule has 0 unspecified atom stereocenters. The van der Waals surface area contributed by atoms with Crippen LogP contribution in [0.4, 0.5) is 5.69 Å². The van der Waals surface area contributed by atoms with E-state index >= 15 is 0 Å². The van der Waals surface area contributed by atoms with E-state index in [4.69, 9.17) is 0 Å². The van der Waals surface area contributed by atoms with Gasteiger partial charge < -0.3 is 10.0 Å². The second-order valence-corrected chi connectivity index (χ2v) is 4.35. The third-order valence-corrected chi connectivity index (χ3v) is 2.83. The molecule has 1 N–H and O–H groups in total. The van der Waals surface area contributed by atoms with Crippen LogP contribution >= 0.6 is 0 Å². The van der Waals surface area contributed by atoms with Crippen LogP contribution in [0.3, 0.4) is 0 Å². The van der Waals surface area contributed by atoms with Gasteiger partial charge in [-0.3, -0.25) is 4.79 Å². The first-order chi connectivity index (χ1) is 7.99. The Morgan fingerprint density at radius 1 is 1.12 bits per heavy atom. The number of carbonyl (C=O) groups excluding carboxylic acids is 1. The summed E-state index contributed by atoms with van der Waals surface area (Å²) in [6.07, 6.45) is 0. The zero-order chi connectivity index (χ0) is 12.6. The van der Waals surface area contributed by atoms with Gasteiger partial charge in [-0.15, -0.1) is 0 Å². The van der Waals surface area contributed by atoms with Gasteiger partial charge in [0.25, 0.3) is 0 Å². The molecule has 0 heterocycles. The van der Waals surface area contributed by atoms with Gasteiger partial charge in [-0.05, 0) is 42.0 Å². The molecule has 3 heteroatoms. The fraction of sp³-hybridized carbons (Fsp3) is 0.214. The first-order valence-electron chi connectivity index (χ1n) is 5.44. The largest absolute Gasteiger partial charge is 0.507 e. The molecule has 0 fully saturated rings. The molecule has 0 aliphatic carbocycles. The van der Waals surface area contributed by atoms with Gasteiger partial charge >= 0.3 is 0 Å². The van der Waals surface area contributed by atoms with E-state index in [-0.39, 0.29) is 11.5 Å². The highest BCUT2D eigenvalue weighted by Crippen LogP contribution is 2.28. The van der Waals surface area contributed by atoms with Gasteiger partial charge in [0, 0.05) is 19.8 Å². The number of Topliss-reactive ketones (excluding diaryl/α,β-unsaturated/α-hetero) is 1. The van der Waals surface area contributed by atoms with Crippen molar-refractivity contribution in [3.8, 4) is 5.75 Å². The van der Waals surface area contributed by atoms with Crippen molar-refractivity contribution in [2.45, 2.75) is 6.92 Å². The molecular formula is C14H15NO2. The number of hydrogen-bond donors (Lipinski definition) is 1. The van der Waals surface area contributed by atoms with Crippen LogP contribution in [-0.4, -0.2) is 25.0 Å². The third-order valence-electron chi connectivity index (χ3n) is 2.83. The molecule has 0 atom stereocenters. The van der Waals surface area contributed by atoms with Gasteiger partial charge in [-0.25, -0.2) is 0 Å². The molecule has 0 aliphatic heterocycles. The number of rotatable bonds is 2. The van der Waals surface area contributed by atoms with Crippen molar-refractivity contribution in [2.24, 2.45) is 0 Å². The van der Waals surface area contributed by atoms with Gasteiger partial charge in [0.05, 0.1) is 5.56 Å². The summed E-state index contributed by atoms with van der Waals surface area (Å²) >= 11 is 0. The summed E-state index contributed by atoms with van der Waals surface area (Å²) in [5, 5.41) is 11.7. The topological polar surface area (TPSA) is 40.5 Å². The van der Waals surface area contributed by atoms with Crippen molar-refractivity contribution in [3.63, 3.8) is 0 Å². The second kappa shape index (κ2) is 4.09. The Kier molecular flexibility index (Phi) is 2.76. The Morgan fingerprint density at radius 3 is 2.41 bits per heavy atom. The van der Waals surface area contributed by atoms with Gasteiger partial charge in [-0.2, -0.15) is 0 Å². The van der Waals surface area contributed by atoms with Gasteiger partial charge in [0.1, 0.15) is 5.75 Å². The monoisotopic (exact) mass is 229 g/mol. The summed E-state index contributed by atoms with van der Waals surface area (Å²) in [7, 11) is 3.93. The van der Waals surface area contributed by atoms with Gasteiger partial charge in [0.2, 0.25) is 0 Å². The van der Waals surface area contributed by atoms with Crippen LogP contribution in [0, 0.1) is 0 Å². The Hall–Kier alpha value is -2.03. The molecule has 2 aromatic carbocycles. The van der Waals surface area contributed by atoms with Gasteiger partial charge in [-0.1, -0.05) is 6.07 Å². The van der Waals surface area contributed by atoms with Crippen LogP contribution in [0.1, 0.15) is 17.3 Å². The molecular weight excluding hydrogens is 214 g/mol. The summed E-state index contributed by atoms with van der Waals surface area (Å²) in [6, 6.07) is 9.30. The van der Waals surface area contributed by atoms with Crippen LogP contribution < -0.4 is 4.90 Å². The Morgan fingerprint density at radius 2 is 1.82 bits per heavy atom. The van der Waals surface area contributed by atoms with E-state index in [1.807, 2.05) is 37.2 Å². The lowest BCUT2D eigenvalue weighted by Gasteiger charge is -2.13. The maximum absolute atomic E-state index is 11.3. The highest BCUT2D eigenvalue weighted by Gasteiger charge is 2.08. The van der Waals surface area contributed by atoms with E-state index < -0.39 is 0 Å². The molecule has 3 nitrogen and oxygen atoms in total. The Labute approximate surface area is 100 Å². The fourth-order valence-electron chi connectivity index (χ4n) is 1.83. The number of benzene rings is 2. The Balaban J connectivity index is 2.66. The molecule has 0 amide bonds. The highest BCUT2D eigenvalue weighted by molar-refractivity contribution is 6.01. The number of hydrogen-bond acceptors (Lipinski definition) is 3. The van der Waals surface area contributed by atoms with E-state index in [1.54, 1.807) is 12.1 Å². The lowest BCUT2D eigenvalue weighted by molar-refractivity contribution is 0.101. The highest BCUT2D eigenvalue weighted by atomic mass is 16.3. The maximum atomic E-state index is 11.3. The molecule has 0 bridgehead atoms. The lowest BCUT2D eigenvalue weighted by Crippen LogP contribution is -2.08. The predicted molar refractivity (Wildman–Crippen MR) is 69.9 cm³/mol. The normalized spacial score (nSPS) is 10.5. The quantitative estimate of drug-likeness (QED) is 0.805. The van der Waals surface area contributed by atoms with E-state index in [0.717, 1.165) is 16.5 Å². The van der Waals surface area contributed by atoms with Crippen molar-refractivity contribution in [3.05, 3.63) is 35.9 Å². The zero-order valence-corrected chi connectivity index (χ0v) is 10.2. The molecule has 0 saturated carbocycles. The number of phenolic OH excluding ortho intramolecular Hbond substituents is 1. The number of nitrogens with zero attached hydrogens (tertiary/aromatic N) is 1. The Bertz CT molecular complexity index is 588. The van der Waals surface area contributed by atoms with Gasteiger partial charge in [0.15, 0.2) is 5.78 Å². The number of fused-ring (bicyclic) bond motifs is 1. The predicted octanol–water partition coefficient (Wildman–Crippen LogP) is 2.81. The van der Waals surface area contributed by atoms with E-state index in [0.29, 0.717) is 5.56 Å². The molecule has 88 valence electrons. The number of phenols is 1. The molecule has 2 rings (SSSR count). The minimum absolute atomic E-state index is 0.0425. The average Bonchev–Trinajstić information content (AvgIpc) is 2.26. The summed E-state index contributed by atoms with van der Waals surface area (Å²) in [4.78, 5) is 13.3. The molecule has 0 aromatic heterocycles. The number of ketones is 1. The summed E-state index contributed by atoms with van der Waals surface area (Å²) < 4.78 is 0. The van der Waals surface area contributed by atoms with Crippen molar-refractivity contribution >= 4 is 22.2 Å². The minimum Gasteiger partial charge on any atom is -0.507 e. The standard InChI is InChI=1S/C14H15NO2/c1-9(16)13-7-10-4-5-12(15(2)3)6-11(10)8-14(13)17/h4-8,17H,1-3H3. The minimum atomic E-state index is -0.124. The SMILES string of the molecule is CC(=O)c1cc2ccc(N(C)C)cc2cc1O. The van der Waals surface area contributed by atoms with Crippen molar-refractivity contribution in [2.75, 3.05) is 19.0 Å².